The molecule has 0 spiro atoms. The molecule has 0 fully saturated rings. The van der Waals surface area contributed by atoms with E-state index in [1.54, 1.807) is 0 Å². The maximum atomic E-state index is 5.99. The van der Waals surface area contributed by atoms with Crippen LogP contribution in [0.15, 0.2) is 60.7 Å². The first kappa shape index (κ1) is 13.4. The van der Waals surface area contributed by atoms with Crippen LogP contribution in [-0.2, 0) is 0 Å². The van der Waals surface area contributed by atoms with E-state index in [0.717, 1.165) is 5.75 Å². The second-order valence-corrected chi connectivity index (χ2v) is 5.26. The maximum absolute atomic E-state index is 5.99. The van der Waals surface area contributed by atoms with Gasteiger partial charge in [-0.05, 0) is 44.5 Å². The minimum Gasteiger partial charge on any atom is -0.484 e. The Labute approximate surface area is 115 Å². The fraction of sp³-hybridized carbons (Fsp3) is 0.222. The summed E-state index contributed by atoms with van der Waals surface area (Å²) in [6.45, 7) is 6.20. The van der Waals surface area contributed by atoms with Gasteiger partial charge in [0.2, 0.25) is 0 Å². The molecule has 0 unspecified atom stereocenters. The first-order valence-corrected chi connectivity index (χ1v) is 6.55. The summed E-state index contributed by atoms with van der Waals surface area (Å²) in [5, 5.41) is 0. The van der Waals surface area contributed by atoms with Crippen molar-refractivity contribution in [3.63, 3.8) is 0 Å². The van der Waals surface area contributed by atoms with Gasteiger partial charge in [-0.1, -0.05) is 54.1 Å². The Bertz CT molecular complexity index is 536. The Kier molecular flexibility index (Phi) is 4.06. The number of ether oxygens (including phenoxy) is 1. The highest BCUT2D eigenvalue weighted by Gasteiger charge is 2.15. The first-order valence-electron chi connectivity index (χ1n) is 6.55. The van der Waals surface area contributed by atoms with Crippen molar-refractivity contribution < 1.29 is 4.74 Å². The summed E-state index contributed by atoms with van der Waals surface area (Å²) in [5.41, 5.74) is 2.10. The summed E-state index contributed by atoms with van der Waals surface area (Å²) in [5.74, 6) is 0.897. The van der Waals surface area contributed by atoms with E-state index in [2.05, 4.69) is 57.2 Å². The molecule has 0 saturated heterocycles. The zero-order valence-corrected chi connectivity index (χ0v) is 11.8. The molecule has 0 atom stereocenters. The molecule has 0 heterocycles. The van der Waals surface area contributed by atoms with Gasteiger partial charge in [-0.25, -0.2) is 0 Å². The Morgan fingerprint density at radius 1 is 0.895 bits per heavy atom. The van der Waals surface area contributed by atoms with Gasteiger partial charge in [0.15, 0.2) is 0 Å². The van der Waals surface area contributed by atoms with Crippen molar-refractivity contribution >= 4 is 6.08 Å². The molecule has 0 bridgehead atoms. The van der Waals surface area contributed by atoms with Crippen LogP contribution in [0.3, 0.4) is 0 Å². The number of rotatable bonds is 4. The van der Waals surface area contributed by atoms with E-state index in [9.17, 15) is 0 Å². The molecule has 2 rings (SSSR count). The van der Waals surface area contributed by atoms with E-state index in [1.165, 1.54) is 11.1 Å². The predicted octanol–water partition coefficient (Wildman–Crippen LogP) is 4.87. The van der Waals surface area contributed by atoms with Gasteiger partial charge in [0.05, 0.1) is 0 Å². The van der Waals surface area contributed by atoms with Crippen molar-refractivity contribution in [2.24, 2.45) is 0 Å². The quantitative estimate of drug-likeness (QED) is 0.754. The van der Waals surface area contributed by atoms with Gasteiger partial charge in [0, 0.05) is 0 Å². The fourth-order valence-corrected chi connectivity index (χ4v) is 1.81. The van der Waals surface area contributed by atoms with Gasteiger partial charge in [0.1, 0.15) is 11.4 Å². The molecular formula is C18H20O. The lowest BCUT2D eigenvalue weighted by Gasteiger charge is -2.23. The number of hydrogen-bond donors (Lipinski definition) is 0. The highest BCUT2D eigenvalue weighted by Crippen LogP contribution is 2.20. The summed E-state index contributed by atoms with van der Waals surface area (Å²) in [6, 6.07) is 18.4. The van der Waals surface area contributed by atoms with Crippen molar-refractivity contribution in [2.75, 3.05) is 0 Å². The first-order chi connectivity index (χ1) is 9.05. The number of aryl methyl sites for hydroxylation is 1. The number of hydrogen-bond acceptors (Lipinski definition) is 1. The van der Waals surface area contributed by atoms with E-state index in [0.29, 0.717) is 0 Å². The van der Waals surface area contributed by atoms with Crippen molar-refractivity contribution in [1.29, 1.82) is 0 Å². The van der Waals surface area contributed by atoms with Gasteiger partial charge in [-0.15, -0.1) is 0 Å². The zero-order chi connectivity index (χ0) is 13.7. The highest BCUT2D eigenvalue weighted by molar-refractivity contribution is 5.50. The summed E-state index contributed by atoms with van der Waals surface area (Å²) in [4.78, 5) is 0. The maximum Gasteiger partial charge on any atom is 0.122 e. The molecule has 19 heavy (non-hydrogen) atoms. The molecule has 2 aromatic rings. The standard InChI is InChI=1S/C18H20O/c1-15-9-11-17(12-10-15)19-18(2,3)14-13-16-7-5-4-6-8-16/h4-14H,1-3H3/b14-13+. The molecule has 0 aromatic heterocycles. The van der Waals surface area contributed by atoms with Gasteiger partial charge in [-0.3, -0.25) is 0 Å². The Hall–Kier alpha value is -2.02. The summed E-state index contributed by atoms with van der Waals surface area (Å²) in [6.07, 6.45) is 4.18. The third-order valence-electron chi connectivity index (χ3n) is 2.88. The summed E-state index contributed by atoms with van der Waals surface area (Å²) < 4.78 is 5.99. The lowest BCUT2D eigenvalue weighted by molar-refractivity contribution is 0.163. The Balaban J connectivity index is 2.06. The molecule has 0 radical (unpaired) electrons. The van der Waals surface area contributed by atoms with E-state index >= 15 is 0 Å². The minimum atomic E-state index is -0.328. The second kappa shape index (κ2) is 5.75. The second-order valence-electron chi connectivity index (χ2n) is 5.26. The number of benzene rings is 2. The fourth-order valence-electron chi connectivity index (χ4n) is 1.81. The van der Waals surface area contributed by atoms with E-state index in [-0.39, 0.29) is 5.60 Å². The zero-order valence-electron chi connectivity index (χ0n) is 11.8. The topological polar surface area (TPSA) is 9.23 Å². The lowest BCUT2D eigenvalue weighted by Crippen LogP contribution is -2.24. The molecular weight excluding hydrogens is 232 g/mol. The van der Waals surface area contributed by atoms with Crippen LogP contribution in [0.25, 0.3) is 6.08 Å². The summed E-state index contributed by atoms with van der Waals surface area (Å²) in [7, 11) is 0. The molecule has 0 saturated carbocycles. The third-order valence-corrected chi connectivity index (χ3v) is 2.88. The molecule has 0 N–H and O–H groups in total. The molecule has 1 heteroatoms. The molecule has 0 aliphatic heterocycles. The van der Waals surface area contributed by atoms with E-state index < -0.39 is 0 Å². The van der Waals surface area contributed by atoms with Crippen LogP contribution in [-0.4, -0.2) is 5.60 Å². The van der Waals surface area contributed by atoms with Crippen LogP contribution in [0.4, 0.5) is 0 Å². The molecule has 0 amide bonds. The average molecular weight is 252 g/mol. The van der Waals surface area contributed by atoms with Crippen LogP contribution < -0.4 is 4.74 Å². The van der Waals surface area contributed by atoms with Gasteiger partial charge < -0.3 is 4.74 Å². The van der Waals surface area contributed by atoms with Gasteiger partial charge in [-0.2, -0.15) is 0 Å². The van der Waals surface area contributed by atoms with Gasteiger partial charge in [0.25, 0.3) is 0 Å². The molecule has 2 aromatic carbocycles. The van der Waals surface area contributed by atoms with Crippen molar-refractivity contribution in [3.05, 3.63) is 71.8 Å². The third kappa shape index (κ3) is 4.29. The Morgan fingerprint density at radius 3 is 2.16 bits per heavy atom. The van der Waals surface area contributed by atoms with Crippen molar-refractivity contribution in [2.45, 2.75) is 26.4 Å². The van der Waals surface area contributed by atoms with E-state index in [4.69, 9.17) is 4.74 Å². The molecule has 0 aliphatic carbocycles. The monoisotopic (exact) mass is 252 g/mol. The molecule has 1 nitrogen and oxygen atoms in total. The van der Waals surface area contributed by atoms with Crippen LogP contribution in [0.1, 0.15) is 25.0 Å². The van der Waals surface area contributed by atoms with E-state index in [1.807, 2.05) is 30.3 Å². The predicted molar refractivity (Wildman–Crippen MR) is 81.4 cm³/mol. The summed E-state index contributed by atoms with van der Waals surface area (Å²) >= 11 is 0. The van der Waals surface area contributed by atoms with Crippen LogP contribution in [0.5, 0.6) is 5.75 Å². The van der Waals surface area contributed by atoms with Crippen molar-refractivity contribution in [3.8, 4) is 5.75 Å². The normalized spacial score (nSPS) is 11.7. The smallest absolute Gasteiger partial charge is 0.122 e. The Morgan fingerprint density at radius 2 is 1.53 bits per heavy atom. The van der Waals surface area contributed by atoms with Crippen LogP contribution in [0.2, 0.25) is 0 Å². The lowest BCUT2D eigenvalue weighted by atomic mass is 10.1. The SMILES string of the molecule is Cc1ccc(OC(C)(C)/C=C/c2ccccc2)cc1. The van der Waals surface area contributed by atoms with Crippen molar-refractivity contribution in [1.82, 2.24) is 0 Å². The van der Waals surface area contributed by atoms with Crippen LogP contribution in [0, 0.1) is 6.92 Å². The average Bonchev–Trinajstić information content (AvgIpc) is 2.40. The highest BCUT2D eigenvalue weighted by atomic mass is 16.5. The van der Waals surface area contributed by atoms with Gasteiger partial charge >= 0.3 is 0 Å². The molecule has 98 valence electrons. The largest absolute Gasteiger partial charge is 0.484 e. The molecule has 0 aliphatic rings. The van der Waals surface area contributed by atoms with Crippen LogP contribution >= 0.6 is 0 Å². The minimum absolute atomic E-state index is 0.328.